The number of benzene rings is 1. The molecule has 3 heteroatoms. The SMILES string of the molecule is C=C(CCCCCCCCCC)Nc1ccc(CONC)cc1. The van der Waals surface area contributed by atoms with E-state index in [2.05, 4.69) is 48.6 Å². The second-order valence-electron chi connectivity index (χ2n) is 6.14. The molecular weight excluding hydrogens is 284 g/mol. The normalized spacial score (nSPS) is 10.7. The van der Waals surface area contributed by atoms with E-state index >= 15 is 0 Å². The topological polar surface area (TPSA) is 33.3 Å². The third kappa shape index (κ3) is 10.1. The lowest BCUT2D eigenvalue weighted by atomic mass is 10.1. The van der Waals surface area contributed by atoms with Crippen molar-refractivity contribution in [1.82, 2.24) is 5.48 Å². The number of allylic oxidation sites excluding steroid dienone is 1. The highest BCUT2D eigenvalue weighted by atomic mass is 16.6. The third-order valence-electron chi connectivity index (χ3n) is 3.99. The van der Waals surface area contributed by atoms with E-state index in [0.717, 1.165) is 23.4 Å². The molecule has 1 rings (SSSR count). The second kappa shape index (κ2) is 13.1. The van der Waals surface area contributed by atoms with Crippen LogP contribution in [0.4, 0.5) is 5.69 Å². The molecule has 0 aromatic heterocycles. The van der Waals surface area contributed by atoms with Crippen LogP contribution < -0.4 is 10.8 Å². The summed E-state index contributed by atoms with van der Waals surface area (Å²) in [6.45, 7) is 6.98. The zero-order chi connectivity index (χ0) is 16.8. The van der Waals surface area contributed by atoms with Crippen LogP contribution in [0.5, 0.6) is 0 Å². The molecule has 0 aliphatic heterocycles. The number of hydrogen-bond acceptors (Lipinski definition) is 3. The van der Waals surface area contributed by atoms with E-state index in [-0.39, 0.29) is 0 Å². The Balaban J connectivity index is 2.09. The van der Waals surface area contributed by atoms with Crippen molar-refractivity contribution in [1.29, 1.82) is 0 Å². The van der Waals surface area contributed by atoms with Crippen molar-refractivity contribution in [3.05, 3.63) is 42.1 Å². The van der Waals surface area contributed by atoms with Gasteiger partial charge >= 0.3 is 0 Å². The predicted octanol–water partition coefficient (Wildman–Crippen LogP) is 5.79. The van der Waals surface area contributed by atoms with Gasteiger partial charge in [-0.25, -0.2) is 5.48 Å². The Bertz CT molecular complexity index is 414. The maximum Gasteiger partial charge on any atom is 0.0932 e. The summed E-state index contributed by atoms with van der Waals surface area (Å²) in [7, 11) is 1.77. The first kappa shape index (κ1) is 19.7. The summed E-state index contributed by atoms with van der Waals surface area (Å²) < 4.78 is 0. The Morgan fingerprint density at radius 2 is 1.57 bits per heavy atom. The Morgan fingerprint density at radius 3 is 2.17 bits per heavy atom. The summed E-state index contributed by atoms with van der Waals surface area (Å²) in [5.74, 6) is 0. The van der Waals surface area contributed by atoms with Gasteiger partial charge in [0.15, 0.2) is 0 Å². The van der Waals surface area contributed by atoms with Crippen LogP contribution in [-0.4, -0.2) is 7.05 Å². The van der Waals surface area contributed by atoms with Crippen molar-refractivity contribution in [3.63, 3.8) is 0 Å². The number of unbranched alkanes of at least 4 members (excludes halogenated alkanes) is 7. The molecule has 0 saturated heterocycles. The molecule has 0 unspecified atom stereocenters. The molecule has 0 atom stereocenters. The third-order valence-corrected chi connectivity index (χ3v) is 3.99. The molecule has 130 valence electrons. The van der Waals surface area contributed by atoms with Gasteiger partial charge in [-0.2, -0.15) is 0 Å². The van der Waals surface area contributed by atoms with Crippen molar-refractivity contribution in [3.8, 4) is 0 Å². The second-order valence-corrected chi connectivity index (χ2v) is 6.14. The summed E-state index contributed by atoms with van der Waals surface area (Å²) in [5.41, 5.74) is 6.04. The lowest BCUT2D eigenvalue weighted by Crippen LogP contribution is -2.06. The van der Waals surface area contributed by atoms with Crippen molar-refractivity contribution in [2.24, 2.45) is 0 Å². The van der Waals surface area contributed by atoms with E-state index in [1.54, 1.807) is 7.05 Å². The standard InChI is InChI=1S/C20H34N2O/c1-4-5-6-7-8-9-10-11-12-18(2)22-20-15-13-19(14-16-20)17-23-21-3/h13-16,21-22H,2,4-12,17H2,1,3H3. The highest BCUT2D eigenvalue weighted by Crippen LogP contribution is 2.16. The van der Waals surface area contributed by atoms with Crippen LogP contribution in [0.2, 0.25) is 0 Å². The predicted molar refractivity (Wildman–Crippen MR) is 100 cm³/mol. The number of hydrogen-bond donors (Lipinski definition) is 2. The van der Waals surface area contributed by atoms with Crippen molar-refractivity contribution >= 4 is 5.69 Å². The van der Waals surface area contributed by atoms with Crippen LogP contribution in [-0.2, 0) is 11.4 Å². The summed E-state index contributed by atoms with van der Waals surface area (Å²) >= 11 is 0. The van der Waals surface area contributed by atoms with Gasteiger partial charge in [0.1, 0.15) is 0 Å². The molecule has 0 radical (unpaired) electrons. The van der Waals surface area contributed by atoms with Gasteiger partial charge in [0.05, 0.1) is 6.61 Å². The minimum absolute atomic E-state index is 0.579. The monoisotopic (exact) mass is 318 g/mol. The van der Waals surface area contributed by atoms with Gasteiger partial charge in [-0.15, -0.1) is 0 Å². The molecule has 1 aromatic carbocycles. The zero-order valence-corrected chi connectivity index (χ0v) is 15.0. The van der Waals surface area contributed by atoms with Crippen LogP contribution >= 0.6 is 0 Å². The van der Waals surface area contributed by atoms with Gasteiger partial charge in [-0.3, -0.25) is 4.84 Å². The van der Waals surface area contributed by atoms with Gasteiger partial charge in [-0.05, 0) is 30.5 Å². The van der Waals surface area contributed by atoms with E-state index in [4.69, 9.17) is 4.84 Å². The number of anilines is 1. The van der Waals surface area contributed by atoms with Crippen LogP contribution in [0.1, 0.15) is 70.3 Å². The Kier molecular flexibility index (Phi) is 11.3. The maximum atomic E-state index is 5.16. The first-order valence-electron chi connectivity index (χ1n) is 9.08. The van der Waals surface area contributed by atoms with Gasteiger partial charge in [0, 0.05) is 18.4 Å². The maximum absolute atomic E-state index is 5.16. The van der Waals surface area contributed by atoms with Gasteiger partial charge in [0.2, 0.25) is 0 Å². The molecule has 0 fully saturated rings. The van der Waals surface area contributed by atoms with Gasteiger partial charge in [0.25, 0.3) is 0 Å². The summed E-state index contributed by atoms with van der Waals surface area (Å²) in [6, 6.07) is 8.30. The fraction of sp³-hybridized carbons (Fsp3) is 0.600. The van der Waals surface area contributed by atoms with E-state index < -0.39 is 0 Å². The molecule has 0 saturated carbocycles. The number of rotatable bonds is 14. The highest BCUT2D eigenvalue weighted by Gasteiger charge is 1.98. The van der Waals surface area contributed by atoms with Gasteiger partial charge < -0.3 is 5.32 Å². The molecule has 0 aliphatic carbocycles. The van der Waals surface area contributed by atoms with Crippen LogP contribution in [0, 0.1) is 0 Å². The van der Waals surface area contributed by atoms with Crippen LogP contribution in [0.25, 0.3) is 0 Å². The quantitative estimate of drug-likeness (QED) is 0.336. The Morgan fingerprint density at radius 1 is 0.957 bits per heavy atom. The average Bonchev–Trinajstić information content (AvgIpc) is 2.56. The summed E-state index contributed by atoms with van der Waals surface area (Å²) in [5, 5.41) is 3.39. The molecule has 0 amide bonds. The lowest BCUT2D eigenvalue weighted by Gasteiger charge is -2.10. The molecule has 1 aromatic rings. The Labute approximate surface area is 142 Å². The minimum atomic E-state index is 0.579. The summed E-state index contributed by atoms with van der Waals surface area (Å²) in [6.07, 6.45) is 11.9. The fourth-order valence-corrected chi connectivity index (χ4v) is 2.58. The van der Waals surface area contributed by atoms with Crippen molar-refractivity contribution in [2.45, 2.75) is 71.3 Å². The van der Waals surface area contributed by atoms with E-state index in [1.807, 2.05) is 0 Å². The first-order chi connectivity index (χ1) is 11.3. The Hall–Kier alpha value is -1.32. The molecule has 0 spiro atoms. The largest absolute Gasteiger partial charge is 0.359 e. The van der Waals surface area contributed by atoms with E-state index in [9.17, 15) is 0 Å². The smallest absolute Gasteiger partial charge is 0.0932 e. The summed E-state index contributed by atoms with van der Waals surface area (Å²) in [4.78, 5) is 5.16. The molecule has 0 heterocycles. The lowest BCUT2D eigenvalue weighted by molar-refractivity contribution is 0.0444. The zero-order valence-electron chi connectivity index (χ0n) is 15.0. The van der Waals surface area contributed by atoms with E-state index in [0.29, 0.717) is 6.61 Å². The van der Waals surface area contributed by atoms with E-state index in [1.165, 1.54) is 51.4 Å². The van der Waals surface area contributed by atoms with Crippen molar-refractivity contribution < 1.29 is 4.84 Å². The fourth-order valence-electron chi connectivity index (χ4n) is 2.58. The molecule has 3 nitrogen and oxygen atoms in total. The number of nitrogens with one attached hydrogen (secondary N) is 2. The first-order valence-corrected chi connectivity index (χ1v) is 9.08. The molecule has 0 bridgehead atoms. The van der Waals surface area contributed by atoms with Crippen molar-refractivity contribution in [2.75, 3.05) is 12.4 Å². The highest BCUT2D eigenvalue weighted by molar-refractivity contribution is 5.48. The minimum Gasteiger partial charge on any atom is -0.359 e. The van der Waals surface area contributed by atoms with Gasteiger partial charge in [-0.1, -0.05) is 70.6 Å². The molecule has 0 aliphatic rings. The average molecular weight is 319 g/mol. The van der Waals surface area contributed by atoms with Crippen LogP contribution in [0.15, 0.2) is 36.5 Å². The molecular formula is C20H34N2O. The molecule has 23 heavy (non-hydrogen) atoms. The van der Waals surface area contributed by atoms with Crippen LogP contribution in [0.3, 0.4) is 0 Å². The molecule has 2 N–H and O–H groups in total. The number of hydroxylamine groups is 1.